The van der Waals surface area contributed by atoms with Crippen LogP contribution in [0.3, 0.4) is 0 Å². The Morgan fingerprint density at radius 1 is 1.19 bits per heavy atom. The van der Waals surface area contributed by atoms with Gasteiger partial charge >= 0.3 is 6.18 Å². The third kappa shape index (κ3) is 3.71. The van der Waals surface area contributed by atoms with Crippen molar-refractivity contribution < 1.29 is 22.8 Å². The van der Waals surface area contributed by atoms with Crippen molar-refractivity contribution in [1.82, 2.24) is 10.3 Å². The van der Waals surface area contributed by atoms with E-state index >= 15 is 0 Å². The van der Waals surface area contributed by atoms with Gasteiger partial charge in [0.2, 0.25) is 0 Å². The van der Waals surface area contributed by atoms with Gasteiger partial charge in [-0.15, -0.1) is 0 Å². The number of nitrogens with one attached hydrogen (secondary N) is 2. The van der Waals surface area contributed by atoms with Crippen molar-refractivity contribution in [3.05, 3.63) is 68.6 Å². The topological polar surface area (TPSA) is 105 Å². The summed E-state index contributed by atoms with van der Waals surface area (Å²) in [7, 11) is 0. The zero-order chi connectivity index (χ0) is 19.8. The molecule has 0 saturated carbocycles. The van der Waals surface area contributed by atoms with E-state index < -0.39 is 40.7 Å². The maximum Gasteiger partial charge on any atom is 0.417 e. The van der Waals surface area contributed by atoms with Crippen molar-refractivity contribution >= 4 is 11.8 Å². The highest BCUT2D eigenvalue weighted by Gasteiger charge is 2.35. The van der Waals surface area contributed by atoms with Gasteiger partial charge in [0.25, 0.3) is 17.4 Å². The number of benzene rings is 1. The van der Waals surface area contributed by atoms with Crippen LogP contribution < -0.4 is 16.6 Å². The molecule has 0 saturated heterocycles. The molecule has 1 atom stereocenters. The monoisotopic (exact) mass is 379 g/mol. The average molecular weight is 379 g/mol. The lowest BCUT2D eigenvalue weighted by atomic mass is 9.90. The van der Waals surface area contributed by atoms with Gasteiger partial charge in [0, 0.05) is 5.69 Å². The first-order valence-corrected chi connectivity index (χ1v) is 8.21. The van der Waals surface area contributed by atoms with E-state index in [1.54, 1.807) is 0 Å². The van der Waals surface area contributed by atoms with Crippen LogP contribution in [0, 0.1) is 0 Å². The highest BCUT2D eigenvalue weighted by Crippen LogP contribution is 2.33. The summed E-state index contributed by atoms with van der Waals surface area (Å²) in [5.74, 6) is -1.80. The van der Waals surface area contributed by atoms with Crippen molar-refractivity contribution in [3.8, 4) is 0 Å². The van der Waals surface area contributed by atoms with Crippen LogP contribution in [0.5, 0.6) is 0 Å². The minimum absolute atomic E-state index is 0.259. The Labute approximate surface area is 151 Å². The van der Waals surface area contributed by atoms with Gasteiger partial charge in [0.15, 0.2) is 0 Å². The molecule has 1 unspecified atom stereocenters. The van der Waals surface area contributed by atoms with Gasteiger partial charge in [-0.05, 0) is 43.0 Å². The molecule has 1 heterocycles. The van der Waals surface area contributed by atoms with E-state index in [9.17, 15) is 27.6 Å². The second kappa shape index (κ2) is 6.90. The predicted molar refractivity (Wildman–Crippen MR) is 90.2 cm³/mol. The van der Waals surface area contributed by atoms with Crippen LogP contribution in [0.2, 0.25) is 0 Å². The number of hydrogen-bond acceptors (Lipinski definition) is 3. The van der Waals surface area contributed by atoms with Crippen LogP contribution in [0.1, 0.15) is 56.4 Å². The normalized spacial score (nSPS) is 16.5. The maximum absolute atomic E-state index is 13.1. The Morgan fingerprint density at radius 3 is 2.56 bits per heavy atom. The summed E-state index contributed by atoms with van der Waals surface area (Å²) in [6.45, 7) is 0. The summed E-state index contributed by atoms with van der Waals surface area (Å²) in [5.41, 5.74) is 3.79. The first-order chi connectivity index (χ1) is 12.7. The lowest BCUT2D eigenvalue weighted by molar-refractivity contribution is -0.137. The summed E-state index contributed by atoms with van der Waals surface area (Å²) in [4.78, 5) is 38.3. The van der Waals surface area contributed by atoms with E-state index in [0.29, 0.717) is 30.5 Å². The number of nitrogens with two attached hydrogens (primary N) is 1. The number of rotatable bonds is 3. The molecule has 1 aromatic carbocycles. The Balaban J connectivity index is 1.95. The van der Waals surface area contributed by atoms with Crippen LogP contribution in [0.25, 0.3) is 0 Å². The summed E-state index contributed by atoms with van der Waals surface area (Å²) in [6.07, 6.45) is -3.07. The van der Waals surface area contributed by atoms with Crippen LogP contribution >= 0.6 is 0 Å². The van der Waals surface area contributed by atoms with Gasteiger partial charge in [-0.1, -0.05) is 12.1 Å². The SMILES string of the molecule is NC(=O)c1cc2c([nH]c1=O)CCCC2NC(=O)c1ccccc1C(F)(F)F. The summed E-state index contributed by atoms with van der Waals surface area (Å²) in [5, 5.41) is 2.58. The number of carbonyl (C=O) groups excluding carboxylic acids is 2. The molecular weight excluding hydrogens is 363 g/mol. The van der Waals surface area contributed by atoms with Gasteiger partial charge < -0.3 is 16.0 Å². The van der Waals surface area contributed by atoms with E-state index in [1.807, 2.05) is 0 Å². The van der Waals surface area contributed by atoms with Gasteiger partial charge in [-0.25, -0.2) is 0 Å². The van der Waals surface area contributed by atoms with E-state index in [0.717, 1.165) is 12.1 Å². The van der Waals surface area contributed by atoms with Crippen LogP contribution in [-0.4, -0.2) is 16.8 Å². The number of fused-ring (bicyclic) bond motifs is 1. The van der Waals surface area contributed by atoms with Crippen molar-refractivity contribution in [1.29, 1.82) is 0 Å². The summed E-state index contributed by atoms with van der Waals surface area (Å²) >= 11 is 0. The predicted octanol–water partition coefficient (Wildman–Crippen LogP) is 2.30. The minimum Gasteiger partial charge on any atom is -0.365 e. The van der Waals surface area contributed by atoms with Crippen molar-refractivity contribution in [2.45, 2.75) is 31.5 Å². The molecule has 9 heteroatoms. The van der Waals surface area contributed by atoms with Crippen molar-refractivity contribution in [3.63, 3.8) is 0 Å². The number of halogens is 3. The highest BCUT2D eigenvalue weighted by molar-refractivity contribution is 5.96. The van der Waals surface area contributed by atoms with Crippen LogP contribution in [0.15, 0.2) is 35.1 Å². The standard InChI is InChI=1S/C18H16F3N3O3/c19-18(20,21)12-5-2-1-4-9(12)16(26)23-13-6-3-7-14-10(13)8-11(15(22)25)17(27)24-14/h1-2,4-5,8,13H,3,6-7H2,(H2,22,25)(H,23,26)(H,24,27). The number of aryl methyl sites for hydroxylation is 1. The molecule has 4 N–H and O–H groups in total. The molecule has 0 radical (unpaired) electrons. The number of pyridine rings is 1. The molecule has 0 spiro atoms. The zero-order valence-corrected chi connectivity index (χ0v) is 14.0. The number of carbonyl (C=O) groups is 2. The molecule has 142 valence electrons. The molecule has 0 bridgehead atoms. The molecule has 2 aromatic rings. The summed E-state index contributed by atoms with van der Waals surface area (Å²) < 4.78 is 39.4. The van der Waals surface area contributed by atoms with Gasteiger partial charge in [-0.2, -0.15) is 13.2 Å². The van der Waals surface area contributed by atoms with Gasteiger partial charge in [-0.3, -0.25) is 14.4 Å². The lowest BCUT2D eigenvalue weighted by Gasteiger charge is -2.27. The van der Waals surface area contributed by atoms with E-state index in [-0.39, 0.29) is 5.56 Å². The molecule has 27 heavy (non-hydrogen) atoms. The first-order valence-electron chi connectivity index (χ1n) is 8.21. The minimum atomic E-state index is -4.66. The molecular formula is C18H16F3N3O3. The molecule has 3 rings (SSSR count). The number of aromatic nitrogens is 1. The molecule has 1 aromatic heterocycles. The van der Waals surface area contributed by atoms with Crippen LogP contribution in [-0.2, 0) is 12.6 Å². The fourth-order valence-corrected chi connectivity index (χ4v) is 3.24. The Bertz CT molecular complexity index is 966. The van der Waals surface area contributed by atoms with Gasteiger partial charge in [0.1, 0.15) is 5.56 Å². The van der Waals surface area contributed by atoms with Crippen LogP contribution in [0.4, 0.5) is 13.2 Å². The Kier molecular flexibility index (Phi) is 4.77. The highest BCUT2D eigenvalue weighted by atomic mass is 19.4. The molecule has 2 amide bonds. The number of alkyl halides is 3. The molecule has 6 nitrogen and oxygen atoms in total. The van der Waals surface area contributed by atoms with E-state index in [1.165, 1.54) is 18.2 Å². The molecule has 0 fully saturated rings. The number of primary amides is 1. The third-order valence-electron chi connectivity index (χ3n) is 4.50. The van der Waals surface area contributed by atoms with Crippen molar-refractivity contribution in [2.24, 2.45) is 5.73 Å². The zero-order valence-electron chi connectivity index (χ0n) is 14.0. The number of amides is 2. The maximum atomic E-state index is 13.1. The largest absolute Gasteiger partial charge is 0.417 e. The first kappa shape index (κ1) is 18.7. The van der Waals surface area contributed by atoms with Crippen molar-refractivity contribution in [2.75, 3.05) is 0 Å². The fourth-order valence-electron chi connectivity index (χ4n) is 3.24. The smallest absolute Gasteiger partial charge is 0.365 e. The molecule has 1 aliphatic carbocycles. The Hall–Kier alpha value is -3.10. The fraction of sp³-hybridized carbons (Fsp3) is 0.278. The number of hydrogen-bond donors (Lipinski definition) is 3. The third-order valence-corrected chi connectivity index (χ3v) is 4.50. The van der Waals surface area contributed by atoms with Gasteiger partial charge in [0.05, 0.1) is 17.2 Å². The summed E-state index contributed by atoms with van der Waals surface area (Å²) in [6, 6.07) is 5.16. The van der Waals surface area contributed by atoms with E-state index in [4.69, 9.17) is 5.73 Å². The molecule has 1 aliphatic rings. The second-order valence-corrected chi connectivity index (χ2v) is 6.27. The number of aromatic amines is 1. The average Bonchev–Trinajstić information content (AvgIpc) is 2.60. The van der Waals surface area contributed by atoms with E-state index in [2.05, 4.69) is 10.3 Å². The quantitative estimate of drug-likeness (QED) is 0.762. The Morgan fingerprint density at radius 2 is 1.89 bits per heavy atom. The second-order valence-electron chi connectivity index (χ2n) is 6.27. The number of H-pyrrole nitrogens is 1. The molecule has 0 aliphatic heterocycles. The lowest BCUT2D eigenvalue weighted by Crippen LogP contribution is -2.34.